The summed E-state index contributed by atoms with van der Waals surface area (Å²) in [5.41, 5.74) is 7.02. The normalized spacial score (nSPS) is 11.0. The lowest BCUT2D eigenvalue weighted by Crippen LogP contribution is -2.18. The molecule has 0 atom stereocenters. The molecule has 132 valence electrons. The summed E-state index contributed by atoms with van der Waals surface area (Å²) in [5, 5.41) is 9.10. The Kier molecular flexibility index (Phi) is 5.49. The number of aromatic nitrogens is 2. The number of carbonyl (C=O) groups excluding carboxylic acids is 1. The Hall–Kier alpha value is -2.92. The molecule has 0 spiro atoms. The number of hydrazone groups is 1. The van der Waals surface area contributed by atoms with Crippen molar-refractivity contribution in [3.63, 3.8) is 0 Å². The fourth-order valence-electron chi connectivity index (χ4n) is 2.60. The van der Waals surface area contributed by atoms with Crippen LogP contribution in [0.25, 0.3) is 0 Å². The van der Waals surface area contributed by atoms with Crippen LogP contribution < -0.4 is 5.43 Å². The van der Waals surface area contributed by atoms with E-state index in [1.807, 2.05) is 54.9 Å². The average molecular weight is 367 g/mol. The summed E-state index contributed by atoms with van der Waals surface area (Å²) in [6, 6.07) is 16.7. The highest BCUT2D eigenvalue weighted by Crippen LogP contribution is 2.10. The topological polar surface area (TPSA) is 59.3 Å². The predicted octanol–water partition coefficient (Wildman–Crippen LogP) is 3.97. The third kappa shape index (κ3) is 4.58. The summed E-state index contributed by atoms with van der Waals surface area (Å²) in [5.74, 6) is -0.259. The van der Waals surface area contributed by atoms with Gasteiger partial charge in [0, 0.05) is 16.3 Å². The molecule has 1 amide bonds. The number of nitrogens with one attached hydrogen (secondary N) is 1. The molecule has 0 saturated carbocycles. The van der Waals surface area contributed by atoms with Gasteiger partial charge in [-0.3, -0.25) is 9.48 Å². The maximum absolute atomic E-state index is 12.3. The van der Waals surface area contributed by atoms with Crippen molar-refractivity contribution in [3.05, 3.63) is 87.7 Å². The molecule has 1 heterocycles. The van der Waals surface area contributed by atoms with Crippen molar-refractivity contribution in [1.82, 2.24) is 15.2 Å². The molecule has 2 aromatic carbocycles. The molecule has 1 aromatic heterocycles. The van der Waals surface area contributed by atoms with Crippen LogP contribution in [0.2, 0.25) is 5.02 Å². The van der Waals surface area contributed by atoms with Crippen LogP contribution in [-0.4, -0.2) is 21.9 Å². The number of nitrogens with zero attached hydrogens (tertiary/aromatic N) is 3. The molecule has 0 unspecified atom stereocenters. The quantitative estimate of drug-likeness (QED) is 0.548. The fraction of sp³-hybridized carbons (Fsp3) is 0.150. The number of amides is 1. The van der Waals surface area contributed by atoms with E-state index in [2.05, 4.69) is 15.6 Å². The van der Waals surface area contributed by atoms with Crippen LogP contribution in [0.1, 0.15) is 32.9 Å². The summed E-state index contributed by atoms with van der Waals surface area (Å²) in [6.07, 6.45) is 1.58. The van der Waals surface area contributed by atoms with Crippen LogP contribution in [0.15, 0.2) is 59.7 Å². The van der Waals surface area contributed by atoms with Crippen LogP contribution in [0.3, 0.4) is 0 Å². The summed E-state index contributed by atoms with van der Waals surface area (Å²) in [4.78, 5) is 12.3. The average Bonchev–Trinajstić information content (AvgIpc) is 2.94. The monoisotopic (exact) mass is 366 g/mol. The molecule has 0 aliphatic heterocycles. The van der Waals surface area contributed by atoms with E-state index >= 15 is 0 Å². The van der Waals surface area contributed by atoms with Gasteiger partial charge >= 0.3 is 0 Å². The van der Waals surface area contributed by atoms with Gasteiger partial charge in [0.2, 0.25) is 0 Å². The number of hydrogen-bond acceptors (Lipinski definition) is 3. The lowest BCUT2D eigenvalue weighted by molar-refractivity contribution is 0.0955. The zero-order valence-corrected chi connectivity index (χ0v) is 15.4. The van der Waals surface area contributed by atoms with Crippen molar-refractivity contribution in [1.29, 1.82) is 0 Å². The van der Waals surface area contributed by atoms with Gasteiger partial charge in [-0.25, -0.2) is 5.43 Å². The number of carbonyl (C=O) groups is 1. The van der Waals surface area contributed by atoms with Gasteiger partial charge in [-0.15, -0.1) is 0 Å². The molecule has 0 aliphatic rings. The number of aryl methyl sites for hydroxylation is 2. The summed E-state index contributed by atoms with van der Waals surface area (Å²) >= 11 is 5.84. The summed E-state index contributed by atoms with van der Waals surface area (Å²) in [7, 11) is 0. The van der Waals surface area contributed by atoms with E-state index in [1.54, 1.807) is 24.4 Å². The smallest absolute Gasteiger partial charge is 0.267 e. The second kappa shape index (κ2) is 7.97. The number of halogens is 1. The Morgan fingerprint density at radius 1 is 1.19 bits per heavy atom. The van der Waals surface area contributed by atoms with Crippen LogP contribution >= 0.6 is 11.6 Å². The van der Waals surface area contributed by atoms with E-state index in [4.69, 9.17) is 11.6 Å². The first-order chi connectivity index (χ1) is 12.5. The lowest BCUT2D eigenvalue weighted by Gasteiger charge is -2.06. The standard InChI is InChI=1S/C20H19ClN4O/c1-14-10-15(2)25(24-14)13-17-4-3-5-18(11-17)20(26)23-22-12-16-6-8-19(21)9-7-16/h3-12H,13H2,1-2H3,(H,23,26)/b22-12+. The Morgan fingerprint density at radius 3 is 2.65 bits per heavy atom. The molecule has 3 rings (SSSR count). The van der Waals surface area contributed by atoms with Crippen LogP contribution in [0, 0.1) is 13.8 Å². The largest absolute Gasteiger partial charge is 0.271 e. The van der Waals surface area contributed by atoms with Gasteiger partial charge in [0.05, 0.1) is 18.5 Å². The Labute approximate surface area is 157 Å². The van der Waals surface area contributed by atoms with Gasteiger partial charge in [0.15, 0.2) is 0 Å². The van der Waals surface area contributed by atoms with E-state index < -0.39 is 0 Å². The van der Waals surface area contributed by atoms with Crippen LogP contribution in [0.4, 0.5) is 0 Å². The molecule has 0 saturated heterocycles. The Bertz CT molecular complexity index is 945. The molecule has 3 aromatic rings. The SMILES string of the molecule is Cc1cc(C)n(Cc2cccc(C(=O)N/N=C/c3ccc(Cl)cc3)c2)n1. The molecule has 6 heteroatoms. The van der Waals surface area contributed by atoms with E-state index in [9.17, 15) is 4.79 Å². The van der Waals surface area contributed by atoms with Crippen LogP contribution in [0.5, 0.6) is 0 Å². The van der Waals surface area contributed by atoms with Crippen LogP contribution in [-0.2, 0) is 6.54 Å². The minimum absolute atomic E-state index is 0.259. The lowest BCUT2D eigenvalue weighted by atomic mass is 10.1. The van der Waals surface area contributed by atoms with Crippen molar-refractivity contribution >= 4 is 23.7 Å². The molecule has 0 bridgehead atoms. The van der Waals surface area contributed by atoms with Gasteiger partial charge in [0.25, 0.3) is 5.91 Å². The van der Waals surface area contributed by atoms with Gasteiger partial charge in [0.1, 0.15) is 0 Å². The number of hydrogen-bond donors (Lipinski definition) is 1. The minimum Gasteiger partial charge on any atom is -0.267 e. The second-order valence-corrected chi connectivity index (χ2v) is 6.47. The van der Waals surface area contributed by atoms with E-state index in [1.165, 1.54) is 0 Å². The fourth-order valence-corrected chi connectivity index (χ4v) is 2.72. The van der Waals surface area contributed by atoms with E-state index in [0.29, 0.717) is 17.1 Å². The maximum Gasteiger partial charge on any atom is 0.271 e. The molecule has 0 aliphatic carbocycles. The predicted molar refractivity (Wildman–Crippen MR) is 104 cm³/mol. The Balaban J connectivity index is 1.66. The third-order valence-electron chi connectivity index (χ3n) is 3.87. The molecule has 0 fully saturated rings. The zero-order valence-electron chi connectivity index (χ0n) is 14.6. The summed E-state index contributed by atoms with van der Waals surface area (Å²) < 4.78 is 1.92. The number of benzene rings is 2. The third-order valence-corrected chi connectivity index (χ3v) is 4.13. The molecule has 0 radical (unpaired) electrons. The Morgan fingerprint density at radius 2 is 1.96 bits per heavy atom. The maximum atomic E-state index is 12.3. The second-order valence-electron chi connectivity index (χ2n) is 6.04. The van der Waals surface area contributed by atoms with Crippen molar-refractivity contribution in [3.8, 4) is 0 Å². The molecule has 1 N–H and O–H groups in total. The van der Waals surface area contributed by atoms with Gasteiger partial charge < -0.3 is 0 Å². The highest BCUT2D eigenvalue weighted by atomic mass is 35.5. The molecule has 26 heavy (non-hydrogen) atoms. The first-order valence-electron chi connectivity index (χ1n) is 8.20. The molecule has 5 nitrogen and oxygen atoms in total. The summed E-state index contributed by atoms with van der Waals surface area (Å²) in [6.45, 7) is 4.60. The van der Waals surface area contributed by atoms with Gasteiger partial charge in [-0.2, -0.15) is 10.2 Å². The highest BCUT2D eigenvalue weighted by molar-refractivity contribution is 6.30. The van der Waals surface area contributed by atoms with Gasteiger partial charge in [-0.1, -0.05) is 35.9 Å². The first kappa shape index (κ1) is 17.9. The van der Waals surface area contributed by atoms with Crippen molar-refractivity contribution in [2.45, 2.75) is 20.4 Å². The van der Waals surface area contributed by atoms with Crippen molar-refractivity contribution in [2.75, 3.05) is 0 Å². The molecular formula is C20H19ClN4O. The van der Waals surface area contributed by atoms with E-state index in [-0.39, 0.29) is 5.91 Å². The van der Waals surface area contributed by atoms with Crippen molar-refractivity contribution < 1.29 is 4.79 Å². The molecular weight excluding hydrogens is 348 g/mol. The first-order valence-corrected chi connectivity index (χ1v) is 8.58. The zero-order chi connectivity index (χ0) is 18.5. The number of rotatable bonds is 5. The van der Waals surface area contributed by atoms with Crippen molar-refractivity contribution in [2.24, 2.45) is 5.10 Å². The minimum atomic E-state index is -0.259. The van der Waals surface area contributed by atoms with Gasteiger partial charge in [-0.05, 0) is 55.3 Å². The highest BCUT2D eigenvalue weighted by Gasteiger charge is 2.07. The van der Waals surface area contributed by atoms with E-state index in [0.717, 1.165) is 22.5 Å².